The predicted octanol–water partition coefficient (Wildman–Crippen LogP) is 3.36. The maximum atomic E-state index is 6.06. The van der Waals surface area contributed by atoms with Gasteiger partial charge in [-0.05, 0) is 55.9 Å². The van der Waals surface area contributed by atoms with Gasteiger partial charge >= 0.3 is 0 Å². The third-order valence-corrected chi connectivity index (χ3v) is 5.85. The summed E-state index contributed by atoms with van der Waals surface area (Å²) in [4.78, 5) is 17.7. The number of rotatable bonds is 6. The average molecular weight is 536 g/mol. The minimum absolute atomic E-state index is 0. The molecule has 1 aromatic carbocycles. The van der Waals surface area contributed by atoms with Crippen LogP contribution < -0.4 is 15.0 Å². The van der Waals surface area contributed by atoms with Crippen molar-refractivity contribution in [1.82, 2.24) is 20.2 Å². The number of hydrogen-bond donors (Lipinski definition) is 1. The molecular weight excluding hydrogens is 503 g/mol. The fourth-order valence-corrected chi connectivity index (χ4v) is 4.16. The maximum Gasteiger partial charge on any atom is 0.225 e. The normalized spacial score (nSPS) is 17.4. The number of halogens is 1. The van der Waals surface area contributed by atoms with E-state index in [4.69, 9.17) is 4.74 Å². The van der Waals surface area contributed by atoms with Crippen LogP contribution in [0.3, 0.4) is 0 Å². The lowest BCUT2D eigenvalue weighted by molar-refractivity contribution is 0.210. The summed E-state index contributed by atoms with van der Waals surface area (Å²) in [5, 5.41) is 3.51. The van der Waals surface area contributed by atoms with Gasteiger partial charge in [-0.1, -0.05) is 12.1 Å². The van der Waals surface area contributed by atoms with E-state index in [1.165, 1.54) is 31.2 Å². The van der Waals surface area contributed by atoms with E-state index < -0.39 is 0 Å². The van der Waals surface area contributed by atoms with E-state index in [0.717, 1.165) is 56.8 Å². The first-order valence-corrected chi connectivity index (χ1v) is 11.0. The van der Waals surface area contributed by atoms with Crippen molar-refractivity contribution in [2.75, 3.05) is 44.7 Å². The van der Waals surface area contributed by atoms with Crippen LogP contribution in [-0.4, -0.2) is 66.7 Å². The molecule has 31 heavy (non-hydrogen) atoms. The van der Waals surface area contributed by atoms with Crippen LogP contribution in [0.1, 0.15) is 31.2 Å². The number of guanidine groups is 1. The van der Waals surface area contributed by atoms with Gasteiger partial charge in [-0.15, -0.1) is 24.0 Å². The Kier molecular flexibility index (Phi) is 9.17. The fourth-order valence-electron chi connectivity index (χ4n) is 4.16. The predicted molar refractivity (Wildman–Crippen MR) is 136 cm³/mol. The molecule has 0 radical (unpaired) electrons. The largest absolute Gasteiger partial charge is 0.490 e. The molecule has 0 bridgehead atoms. The second kappa shape index (κ2) is 12.1. The van der Waals surface area contributed by atoms with Crippen LogP contribution in [0.2, 0.25) is 0 Å². The van der Waals surface area contributed by atoms with Gasteiger partial charge in [-0.25, -0.2) is 9.97 Å². The van der Waals surface area contributed by atoms with Crippen LogP contribution in [0, 0.1) is 0 Å². The quantitative estimate of drug-likeness (QED) is 0.347. The molecule has 2 heterocycles. The van der Waals surface area contributed by atoms with Crippen molar-refractivity contribution >= 4 is 35.9 Å². The lowest BCUT2D eigenvalue weighted by Gasteiger charge is -2.36. The number of anilines is 1. The van der Waals surface area contributed by atoms with Crippen molar-refractivity contribution < 1.29 is 4.74 Å². The number of ether oxygens (including phenoxy) is 1. The number of nitrogens with zero attached hydrogens (tertiary/aromatic N) is 5. The highest BCUT2D eigenvalue weighted by Crippen LogP contribution is 2.24. The summed E-state index contributed by atoms with van der Waals surface area (Å²) < 4.78 is 6.06. The molecule has 0 spiro atoms. The molecule has 4 rings (SSSR count). The lowest BCUT2D eigenvalue weighted by atomic mass is 10.1. The first kappa shape index (κ1) is 23.6. The molecule has 1 aliphatic heterocycles. The molecule has 2 aliphatic rings. The van der Waals surface area contributed by atoms with Crippen LogP contribution in [0.5, 0.6) is 5.75 Å². The molecule has 0 amide bonds. The standard InChI is InChI=1S/C23H32N6O.HI/c1-24-22(28-15-17-29(18-16-28)23-25-12-4-13-26-23)27-14-11-19-7-9-21(10-8-19)30-20-5-2-3-6-20;/h4,7-10,12-13,20H,2-3,5-6,11,14-18H2,1H3,(H,24,27);1H. The van der Waals surface area contributed by atoms with Crippen molar-refractivity contribution in [3.63, 3.8) is 0 Å². The minimum atomic E-state index is 0. The average Bonchev–Trinajstić information content (AvgIpc) is 3.32. The molecule has 1 saturated heterocycles. The number of aromatic nitrogens is 2. The molecule has 2 fully saturated rings. The third kappa shape index (κ3) is 6.69. The smallest absolute Gasteiger partial charge is 0.225 e. The molecule has 0 atom stereocenters. The molecule has 2 aromatic rings. The van der Waals surface area contributed by atoms with Crippen molar-refractivity contribution in [2.45, 2.75) is 38.2 Å². The number of aliphatic imine (C=N–C) groups is 1. The highest BCUT2D eigenvalue weighted by Gasteiger charge is 2.21. The Labute approximate surface area is 202 Å². The molecule has 168 valence electrons. The zero-order chi connectivity index (χ0) is 20.6. The molecule has 1 saturated carbocycles. The summed E-state index contributed by atoms with van der Waals surface area (Å²) in [5.74, 6) is 2.76. The van der Waals surface area contributed by atoms with Crippen LogP contribution in [-0.2, 0) is 6.42 Å². The Morgan fingerprint density at radius 2 is 1.74 bits per heavy atom. The molecule has 1 aromatic heterocycles. The monoisotopic (exact) mass is 536 g/mol. The van der Waals surface area contributed by atoms with Crippen LogP contribution in [0.4, 0.5) is 5.95 Å². The van der Waals surface area contributed by atoms with E-state index in [0.29, 0.717) is 6.10 Å². The van der Waals surface area contributed by atoms with Gasteiger partial charge in [-0.2, -0.15) is 0 Å². The topological polar surface area (TPSA) is 65.9 Å². The SMILES string of the molecule is CN=C(NCCc1ccc(OC2CCCC2)cc1)N1CCN(c2ncccn2)CC1.I. The van der Waals surface area contributed by atoms with Gasteiger partial charge in [0.25, 0.3) is 0 Å². The van der Waals surface area contributed by atoms with Crippen LogP contribution in [0.25, 0.3) is 0 Å². The highest BCUT2D eigenvalue weighted by molar-refractivity contribution is 14.0. The molecule has 7 nitrogen and oxygen atoms in total. The molecule has 8 heteroatoms. The van der Waals surface area contributed by atoms with Gasteiger partial charge in [0, 0.05) is 52.2 Å². The Balaban J connectivity index is 0.00000272. The number of piperazine rings is 1. The van der Waals surface area contributed by atoms with E-state index in [1.807, 2.05) is 13.1 Å². The van der Waals surface area contributed by atoms with Crippen molar-refractivity contribution in [3.8, 4) is 5.75 Å². The van der Waals surface area contributed by atoms with Gasteiger partial charge in [0.15, 0.2) is 5.96 Å². The van der Waals surface area contributed by atoms with Crippen molar-refractivity contribution in [2.24, 2.45) is 4.99 Å². The molecular formula is C23H33IN6O. The van der Waals surface area contributed by atoms with Crippen LogP contribution >= 0.6 is 24.0 Å². The Hall–Kier alpha value is -2.10. The van der Waals surface area contributed by atoms with Crippen LogP contribution in [0.15, 0.2) is 47.7 Å². The lowest BCUT2D eigenvalue weighted by Crippen LogP contribution is -2.53. The van der Waals surface area contributed by atoms with Gasteiger partial charge in [0.05, 0.1) is 6.10 Å². The Morgan fingerprint density at radius 1 is 1.06 bits per heavy atom. The number of hydrogen-bond acceptors (Lipinski definition) is 5. The van der Waals surface area contributed by atoms with Crippen molar-refractivity contribution in [3.05, 3.63) is 48.3 Å². The molecule has 1 aliphatic carbocycles. The Bertz CT molecular complexity index is 803. The van der Waals surface area contributed by atoms with Gasteiger partial charge in [0.1, 0.15) is 5.75 Å². The van der Waals surface area contributed by atoms with E-state index >= 15 is 0 Å². The molecule has 1 N–H and O–H groups in total. The van der Waals surface area contributed by atoms with Gasteiger partial charge in [0.2, 0.25) is 5.95 Å². The summed E-state index contributed by atoms with van der Waals surface area (Å²) in [5.41, 5.74) is 1.31. The zero-order valence-electron chi connectivity index (χ0n) is 18.2. The first-order valence-electron chi connectivity index (χ1n) is 11.0. The number of benzene rings is 1. The minimum Gasteiger partial charge on any atom is -0.490 e. The zero-order valence-corrected chi connectivity index (χ0v) is 20.6. The fraction of sp³-hybridized carbons (Fsp3) is 0.522. The maximum absolute atomic E-state index is 6.06. The van der Waals surface area contributed by atoms with Gasteiger partial charge in [-0.3, -0.25) is 4.99 Å². The summed E-state index contributed by atoms with van der Waals surface area (Å²) in [6.07, 6.45) is 9.94. The van der Waals surface area contributed by atoms with E-state index in [2.05, 4.69) is 54.3 Å². The summed E-state index contributed by atoms with van der Waals surface area (Å²) >= 11 is 0. The highest BCUT2D eigenvalue weighted by atomic mass is 127. The summed E-state index contributed by atoms with van der Waals surface area (Å²) in [7, 11) is 1.85. The summed E-state index contributed by atoms with van der Waals surface area (Å²) in [6.45, 7) is 4.47. The van der Waals surface area contributed by atoms with Gasteiger partial charge < -0.3 is 19.9 Å². The number of nitrogens with one attached hydrogen (secondary N) is 1. The Morgan fingerprint density at radius 3 is 2.39 bits per heavy atom. The van der Waals surface area contributed by atoms with Crippen molar-refractivity contribution in [1.29, 1.82) is 0 Å². The second-order valence-electron chi connectivity index (χ2n) is 7.92. The molecule has 0 unspecified atom stereocenters. The van der Waals surface area contributed by atoms with E-state index in [9.17, 15) is 0 Å². The first-order chi connectivity index (χ1) is 14.8. The third-order valence-electron chi connectivity index (χ3n) is 5.85. The second-order valence-corrected chi connectivity index (χ2v) is 7.92. The summed E-state index contributed by atoms with van der Waals surface area (Å²) in [6, 6.07) is 10.4. The van der Waals surface area contributed by atoms with E-state index in [-0.39, 0.29) is 24.0 Å². The van der Waals surface area contributed by atoms with E-state index in [1.54, 1.807) is 12.4 Å².